The Morgan fingerprint density at radius 2 is 1.94 bits per heavy atom. The predicted molar refractivity (Wildman–Crippen MR) is 116 cm³/mol. The Hall–Kier alpha value is -3.55. The second-order valence-electron chi connectivity index (χ2n) is 7.85. The van der Waals surface area contributed by atoms with Crippen LogP contribution in [0.25, 0.3) is 22.0 Å². The van der Waals surface area contributed by atoms with Crippen molar-refractivity contribution in [2.75, 3.05) is 6.61 Å². The number of hydrogen-bond acceptors (Lipinski definition) is 6. The maximum absolute atomic E-state index is 15.2. The number of carbonyl (C=O) groups is 2. The Kier molecular flexibility index (Phi) is 5.78. The van der Waals surface area contributed by atoms with Gasteiger partial charge >= 0.3 is 11.9 Å². The van der Waals surface area contributed by atoms with E-state index in [1.807, 2.05) is 4.57 Å². The van der Waals surface area contributed by atoms with Gasteiger partial charge in [-0.25, -0.2) is 9.18 Å². The molecule has 0 bridgehead atoms. The van der Waals surface area contributed by atoms with Gasteiger partial charge in [-0.2, -0.15) is 0 Å². The number of hydrogen-bond donors (Lipinski definition) is 0. The molecule has 0 atom stereocenters. The van der Waals surface area contributed by atoms with Gasteiger partial charge in [-0.1, -0.05) is 0 Å². The summed E-state index contributed by atoms with van der Waals surface area (Å²) in [6.45, 7) is 4.86. The number of pyridine rings is 2. The van der Waals surface area contributed by atoms with E-state index < -0.39 is 23.2 Å². The number of aromatic nitrogens is 2. The fraction of sp³-hybridized carbons (Fsp3) is 0.333. The van der Waals surface area contributed by atoms with Crippen LogP contribution in [-0.2, 0) is 20.9 Å². The van der Waals surface area contributed by atoms with E-state index in [2.05, 4.69) is 4.98 Å². The number of rotatable bonds is 6. The van der Waals surface area contributed by atoms with Crippen molar-refractivity contribution >= 4 is 22.8 Å². The summed E-state index contributed by atoms with van der Waals surface area (Å²) >= 11 is 0. The Morgan fingerprint density at radius 3 is 2.59 bits per heavy atom. The van der Waals surface area contributed by atoms with Gasteiger partial charge < -0.3 is 14.0 Å². The number of aryl methyl sites for hydroxylation is 1. The lowest BCUT2D eigenvalue weighted by atomic mass is 10.0. The highest BCUT2D eigenvalue weighted by Gasteiger charge is 2.28. The van der Waals surface area contributed by atoms with E-state index in [4.69, 9.17) is 9.47 Å². The topological polar surface area (TPSA) is 87.5 Å². The first-order valence-corrected chi connectivity index (χ1v) is 10.4. The Labute approximate surface area is 183 Å². The van der Waals surface area contributed by atoms with Gasteiger partial charge in [0.1, 0.15) is 18.0 Å². The fourth-order valence-corrected chi connectivity index (χ4v) is 3.74. The first-order valence-electron chi connectivity index (χ1n) is 10.4. The summed E-state index contributed by atoms with van der Waals surface area (Å²) in [6.07, 6.45) is 3.34. The van der Waals surface area contributed by atoms with E-state index in [0.717, 1.165) is 12.8 Å². The average Bonchev–Trinajstić information content (AvgIpc) is 3.57. The quantitative estimate of drug-likeness (QED) is 0.539. The normalized spacial score (nSPS) is 13.2. The van der Waals surface area contributed by atoms with Gasteiger partial charge in [-0.3, -0.25) is 14.6 Å². The molecule has 1 fully saturated rings. The van der Waals surface area contributed by atoms with Crippen molar-refractivity contribution in [2.45, 2.75) is 46.3 Å². The van der Waals surface area contributed by atoms with Crippen LogP contribution in [0, 0.1) is 12.7 Å². The highest BCUT2D eigenvalue weighted by molar-refractivity contribution is 5.95. The van der Waals surface area contributed by atoms with E-state index in [9.17, 15) is 14.4 Å². The van der Waals surface area contributed by atoms with Crippen LogP contribution in [0.2, 0.25) is 0 Å². The third-order valence-electron chi connectivity index (χ3n) is 5.30. The number of nitrogens with zero attached hydrogens (tertiary/aromatic N) is 2. The van der Waals surface area contributed by atoms with Crippen LogP contribution in [0.5, 0.6) is 0 Å². The van der Waals surface area contributed by atoms with Crippen molar-refractivity contribution < 1.29 is 23.5 Å². The second-order valence-corrected chi connectivity index (χ2v) is 7.85. The number of halogens is 1. The second kappa shape index (κ2) is 8.53. The van der Waals surface area contributed by atoms with E-state index in [1.54, 1.807) is 32.0 Å². The van der Waals surface area contributed by atoms with Gasteiger partial charge in [0.25, 0.3) is 0 Å². The molecule has 0 spiro atoms. The van der Waals surface area contributed by atoms with Gasteiger partial charge in [-0.05, 0) is 56.5 Å². The molecule has 4 rings (SSSR count). The van der Waals surface area contributed by atoms with E-state index in [-0.39, 0.29) is 30.2 Å². The Morgan fingerprint density at radius 1 is 1.19 bits per heavy atom. The van der Waals surface area contributed by atoms with Gasteiger partial charge in [0.05, 0.1) is 17.8 Å². The third kappa shape index (κ3) is 4.26. The predicted octanol–water partition coefficient (Wildman–Crippen LogP) is 4.09. The van der Waals surface area contributed by atoms with Crippen molar-refractivity contribution in [1.82, 2.24) is 9.55 Å². The summed E-state index contributed by atoms with van der Waals surface area (Å²) in [5, 5.41) is 0.134. The van der Waals surface area contributed by atoms with Gasteiger partial charge in [0, 0.05) is 35.8 Å². The van der Waals surface area contributed by atoms with Crippen LogP contribution in [0.3, 0.4) is 0 Å². The molecule has 0 amide bonds. The first-order chi connectivity index (χ1) is 15.3. The van der Waals surface area contributed by atoms with Crippen molar-refractivity contribution in [3.63, 3.8) is 0 Å². The maximum Gasteiger partial charge on any atom is 0.343 e. The van der Waals surface area contributed by atoms with Crippen molar-refractivity contribution in [3.8, 4) is 11.1 Å². The summed E-state index contributed by atoms with van der Waals surface area (Å²) in [7, 11) is 0. The highest BCUT2D eigenvalue weighted by atomic mass is 19.1. The number of benzene rings is 1. The lowest BCUT2D eigenvalue weighted by Crippen LogP contribution is -2.21. The summed E-state index contributed by atoms with van der Waals surface area (Å²) in [4.78, 5) is 40.7. The lowest BCUT2D eigenvalue weighted by Gasteiger charge is -2.15. The monoisotopic (exact) mass is 438 g/mol. The van der Waals surface area contributed by atoms with Gasteiger partial charge in [0.15, 0.2) is 0 Å². The Balaban J connectivity index is 1.88. The molecule has 1 aliphatic rings. The molecule has 8 heteroatoms. The number of ether oxygens (including phenoxy) is 2. The minimum absolute atomic E-state index is 0.0190. The summed E-state index contributed by atoms with van der Waals surface area (Å²) in [5.74, 6) is -1.74. The summed E-state index contributed by atoms with van der Waals surface area (Å²) < 4.78 is 27.1. The van der Waals surface area contributed by atoms with Gasteiger partial charge in [-0.15, -0.1) is 0 Å². The van der Waals surface area contributed by atoms with Crippen LogP contribution in [0.15, 0.2) is 35.3 Å². The first kappa shape index (κ1) is 21.7. The van der Waals surface area contributed by atoms with Crippen molar-refractivity contribution in [1.29, 1.82) is 0 Å². The number of fused-ring (bicyclic) bond motifs is 1. The molecule has 0 aliphatic heterocycles. The standard InChI is InChI=1S/C24H23FN2O5/c1-4-31-24(30)20-11-27(17-5-6-17)22-10-18(21(25)9-19(22)23(20)29)15-7-13(2)26-16(8-15)12-32-14(3)28/h7-11,17H,4-6,12H2,1-3H3. The minimum atomic E-state index is -0.710. The molecule has 2 heterocycles. The van der Waals surface area contributed by atoms with E-state index >= 15 is 4.39 Å². The molecule has 1 aliphatic carbocycles. The zero-order chi connectivity index (χ0) is 23.0. The average molecular weight is 438 g/mol. The number of esters is 2. The summed E-state index contributed by atoms with van der Waals surface area (Å²) in [6, 6.07) is 6.34. The SMILES string of the molecule is CCOC(=O)c1cn(C2CC2)c2cc(-c3cc(C)nc(COC(C)=O)c3)c(F)cc2c1=O. The molecule has 1 saturated carbocycles. The van der Waals surface area contributed by atoms with Gasteiger partial charge in [0.2, 0.25) is 5.43 Å². The molecule has 2 aromatic heterocycles. The molecular weight excluding hydrogens is 415 g/mol. The van der Waals surface area contributed by atoms with E-state index in [1.165, 1.54) is 19.2 Å². The van der Waals surface area contributed by atoms with Crippen molar-refractivity contribution in [2.24, 2.45) is 0 Å². The Bertz CT molecular complexity index is 1290. The molecule has 1 aromatic carbocycles. The van der Waals surface area contributed by atoms with Crippen LogP contribution < -0.4 is 5.43 Å². The number of carbonyl (C=O) groups excluding carboxylic acids is 2. The largest absolute Gasteiger partial charge is 0.462 e. The molecule has 0 saturated heterocycles. The lowest BCUT2D eigenvalue weighted by molar-refractivity contribution is -0.142. The minimum Gasteiger partial charge on any atom is -0.462 e. The van der Waals surface area contributed by atoms with Crippen LogP contribution in [0.4, 0.5) is 4.39 Å². The molecule has 0 N–H and O–H groups in total. The molecular formula is C24H23FN2O5. The molecule has 166 valence electrons. The van der Waals surface area contributed by atoms with Crippen LogP contribution in [0.1, 0.15) is 54.5 Å². The molecule has 32 heavy (non-hydrogen) atoms. The van der Waals surface area contributed by atoms with Crippen LogP contribution >= 0.6 is 0 Å². The van der Waals surface area contributed by atoms with E-state index in [0.29, 0.717) is 28.0 Å². The zero-order valence-corrected chi connectivity index (χ0v) is 18.1. The molecule has 7 nitrogen and oxygen atoms in total. The molecule has 3 aromatic rings. The fourth-order valence-electron chi connectivity index (χ4n) is 3.74. The molecule has 0 radical (unpaired) electrons. The third-order valence-corrected chi connectivity index (χ3v) is 5.30. The van der Waals surface area contributed by atoms with Crippen molar-refractivity contribution in [3.05, 3.63) is 63.5 Å². The smallest absolute Gasteiger partial charge is 0.343 e. The zero-order valence-electron chi connectivity index (χ0n) is 18.1. The highest BCUT2D eigenvalue weighted by Crippen LogP contribution is 2.38. The van der Waals surface area contributed by atoms with Crippen LogP contribution in [-0.4, -0.2) is 28.1 Å². The maximum atomic E-state index is 15.2. The molecule has 0 unspecified atom stereocenters. The summed E-state index contributed by atoms with van der Waals surface area (Å²) in [5.41, 5.74) is 1.89.